The zero-order chi connectivity index (χ0) is 24.4. The van der Waals surface area contributed by atoms with Crippen LogP contribution in [0.15, 0.2) is 30.3 Å². The average molecular weight is 484 g/mol. The number of carbonyl (C=O) groups is 1. The van der Waals surface area contributed by atoms with Crippen LogP contribution >= 0.6 is 0 Å². The molecule has 0 aromatic heterocycles. The van der Waals surface area contributed by atoms with Crippen LogP contribution in [0.5, 0.6) is 0 Å². The van der Waals surface area contributed by atoms with E-state index in [9.17, 15) is 9.90 Å². The Balaban J connectivity index is 1.07. The maximum absolute atomic E-state index is 12.8. The zero-order valence-electron chi connectivity index (χ0n) is 21.7. The second-order valence-corrected chi connectivity index (χ2v) is 11.6. The molecular weight excluding hydrogens is 438 g/mol. The molecule has 1 amide bonds. The number of fused-ring (bicyclic) bond motifs is 1. The van der Waals surface area contributed by atoms with Crippen LogP contribution in [0.1, 0.15) is 70.8 Å². The summed E-state index contributed by atoms with van der Waals surface area (Å²) in [6.07, 6.45) is 9.15. The van der Waals surface area contributed by atoms with Gasteiger partial charge >= 0.3 is 6.09 Å². The van der Waals surface area contributed by atoms with Crippen LogP contribution < -0.4 is 0 Å². The fourth-order valence-corrected chi connectivity index (χ4v) is 7.80. The van der Waals surface area contributed by atoms with Gasteiger partial charge < -0.3 is 19.6 Å². The molecule has 194 valence electrons. The molecule has 1 aromatic carbocycles. The number of aliphatic hydroxyl groups excluding tert-OH is 1. The molecule has 6 unspecified atom stereocenters. The predicted molar refractivity (Wildman–Crippen MR) is 138 cm³/mol. The van der Waals surface area contributed by atoms with E-state index >= 15 is 0 Å². The van der Waals surface area contributed by atoms with Crippen molar-refractivity contribution in [1.29, 1.82) is 0 Å². The Kier molecular flexibility index (Phi) is 8.00. The Labute approximate surface area is 211 Å². The number of likely N-dealkylation sites (tertiary alicyclic amines) is 2. The van der Waals surface area contributed by atoms with E-state index < -0.39 is 0 Å². The molecule has 2 aliphatic heterocycles. The quantitative estimate of drug-likeness (QED) is 0.618. The van der Waals surface area contributed by atoms with Gasteiger partial charge in [-0.15, -0.1) is 0 Å². The van der Waals surface area contributed by atoms with Crippen molar-refractivity contribution in [2.24, 2.45) is 11.8 Å². The van der Waals surface area contributed by atoms with Gasteiger partial charge in [0.25, 0.3) is 0 Å². The first-order chi connectivity index (χ1) is 17.0. The van der Waals surface area contributed by atoms with E-state index in [-0.39, 0.29) is 18.2 Å². The summed E-state index contributed by atoms with van der Waals surface area (Å²) in [6.45, 7) is 8.80. The second-order valence-electron chi connectivity index (χ2n) is 11.6. The average Bonchev–Trinajstić information content (AvgIpc) is 3.56. The Morgan fingerprint density at radius 2 is 1.83 bits per heavy atom. The van der Waals surface area contributed by atoms with Crippen LogP contribution in [0.2, 0.25) is 0 Å². The van der Waals surface area contributed by atoms with Gasteiger partial charge in [0.1, 0.15) is 6.61 Å². The zero-order valence-corrected chi connectivity index (χ0v) is 21.7. The summed E-state index contributed by atoms with van der Waals surface area (Å²) in [5.41, 5.74) is 1.03. The van der Waals surface area contributed by atoms with Gasteiger partial charge in [-0.1, -0.05) is 30.3 Å². The van der Waals surface area contributed by atoms with Crippen molar-refractivity contribution in [1.82, 2.24) is 14.7 Å². The lowest BCUT2D eigenvalue weighted by Crippen LogP contribution is -2.48. The SMILES string of the molecule is CCN(C(=O)OCc1ccccc1)C1CCN(CC2CCC(N3C(C)CC4CCC(O)C43)C2)CC1. The van der Waals surface area contributed by atoms with Crippen molar-refractivity contribution >= 4 is 6.09 Å². The van der Waals surface area contributed by atoms with Gasteiger partial charge in [0.15, 0.2) is 0 Å². The van der Waals surface area contributed by atoms with E-state index in [1.54, 1.807) is 0 Å². The van der Waals surface area contributed by atoms with Crippen LogP contribution in [0.25, 0.3) is 0 Å². The van der Waals surface area contributed by atoms with Gasteiger partial charge in [0.2, 0.25) is 0 Å². The molecule has 2 saturated heterocycles. The lowest BCUT2D eigenvalue weighted by Gasteiger charge is -2.38. The number of ether oxygens (including phenoxy) is 1. The monoisotopic (exact) mass is 483 g/mol. The summed E-state index contributed by atoms with van der Waals surface area (Å²) in [7, 11) is 0. The minimum atomic E-state index is -0.180. The first-order valence-electron chi connectivity index (χ1n) is 14.2. The first-order valence-corrected chi connectivity index (χ1v) is 14.2. The van der Waals surface area contributed by atoms with Crippen molar-refractivity contribution < 1.29 is 14.6 Å². The first kappa shape index (κ1) is 25.0. The maximum atomic E-state index is 12.8. The molecule has 1 N–H and O–H groups in total. The molecule has 6 heteroatoms. The van der Waals surface area contributed by atoms with Crippen molar-refractivity contribution in [3.8, 4) is 0 Å². The third-order valence-corrected chi connectivity index (χ3v) is 9.44. The van der Waals surface area contributed by atoms with Gasteiger partial charge in [-0.05, 0) is 82.6 Å². The highest BCUT2D eigenvalue weighted by molar-refractivity contribution is 5.68. The number of amides is 1. The molecule has 0 spiro atoms. The molecule has 6 atom stereocenters. The molecule has 0 bridgehead atoms. The van der Waals surface area contributed by atoms with Gasteiger partial charge in [-0.2, -0.15) is 0 Å². The molecule has 4 fully saturated rings. The van der Waals surface area contributed by atoms with Crippen molar-refractivity contribution in [2.45, 2.75) is 102 Å². The molecule has 2 heterocycles. The fourth-order valence-electron chi connectivity index (χ4n) is 7.80. The van der Waals surface area contributed by atoms with E-state index in [1.807, 2.05) is 35.2 Å². The normalized spacial score (nSPS) is 34.3. The highest BCUT2D eigenvalue weighted by atomic mass is 16.6. The van der Waals surface area contributed by atoms with Crippen molar-refractivity contribution in [2.75, 3.05) is 26.2 Å². The van der Waals surface area contributed by atoms with Crippen molar-refractivity contribution in [3.05, 3.63) is 35.9 Å². The third kappa shape index (κ3) is 5.55. The summed E-state index contributed by atoms with van der Waals surface area (Å²) < 4.78 is 5.63. The number of benzene rings is 1. The van der Waals surface area contributed by atoms with Gasteiger partial charge in [-0.3, -0.25) is 4.90 Å². The summed E-state index contributed by atoms with van der Waals surface area (Å²) in [4.78, 5) is 20.1. The minimum absolute atomic E-state index is 0.107. The van der Waals surface area contributed by atoms with E-state index in [4.69, 9.17) is 4.74 Å². The number of nitrogens with zero attached hydrogens (tertiary/aromatic N) is 3. The third-order valence-electron chi connectivity index (χ3n) is 9.44. The predicted octanol–water partition coefficient (Wildman–Crippen LogP) is 4.51. The van der Waals surface area contributed by atoms with E-state index in [1.165, 1.54) is 38.6 Å². The standard InChI is InChI=1S/C29H45N3O3/c1-3-31(29(34)35-20-22-7-5-4-6-8-22)25-13-15-30(16-14-25)19-23-9-11-26(18-23)32-21(2)17-24-10-12-27(33)28(24)32/h4-8,21,23-28,33H,3,9-20H2,1-2H3. The summed E-state index contributed by atoms with van der Waals surface area (Å²) in [6, 6.07) is 11.9. The molecular formula is C29H45N3O3. The van der Waals surface area contributed by atoms with Crippen LogP contribution in [0.4, 0.5) is 4.79 Å². The van der Waals surface area contributed by atoms with E-state index in [0.29, 0.717) is 31.3 Å². The maximum Gasteiger partial charge on any atom is 0.410 e. The van der Waals surface area contributed by atoms with Gasteiger partial charge in [0, 0.05) is 50.3 Å². The molecule has 4 aliphatic rings. The molecule has 35 heavy (non-hydrogen) atoms. The smallest absolute Gasteiger partial charge is 0.410 e. The van der Waals surface area contributed by atoms with Crippen LogP contribution in [0.3, 0.4) is 0 Å². The number of piperidine rings is 1. The Hall–Kier alpha value is -1.63. The van der Waals surface area contributed by atoms with Gasteiger partial charge in [-0.25, -0.2) is 4.79 Å². The van der Waals surface area contributed by atoms with Gasteiger partial charge in [0.05, 0.1) is 6.10 Å². The summed E-state index contributed by atoms with van der Waals surface area (Å²) >= 11 is 0. The molecule has 1 aromatic rings. The minimum Gasteiger partial charge on any atom is -0.445 e. The second kappa shape index (κ2) is 11.2. The summed E-state index contributed by atoms with van der Waals surface area (Å²) in [5, 5.41) is 10.6. The molecule has 2 saturated carbocycles. The number of rotatable bonds is 7. The highest BCUT2D eigenvalue weighted by Gasteiger charge is 2.50. The lowest BCUT2D eigenvalue weighted by molar-refractivity contribution is 0.0404. The number of carbonyl (C=O) groups excluding carboxylic acids is 1. The van der Waals surface area contributed by atoms with Crippen LogP contribution in [-0.4, -0.2) is 82.3 Å². The molecule has 0 radical (unpaired) electrons. The largest absolute Gasteiger partial charge is 0.445 e. The van der Waals surface area contributed by atoms with Crippen LogP contribution in [-0.2, 0) is 11.3 Å². The highest BCUT2D eigenvalue weighted by Crippen LogP contribution is 2.45. The Morgan fingerprint density at radius 3 is 2.57 bits per heavy atom. The molecule has 5 rings (SSSR count). The topological polar surface area (TPSA) is 56.2 Å². The molecule has 2 aliphatic carbocycles. The van der Waals surface area contributed by atoms with E-state index in [0.717, 1.165) is 49.8 Å². The Morgan fingerprint density at radius 1 is 1.06 bits per heavy atom. The summed E-state index contributed by atoms with van der Waals surface area (Å²) in [5.74, 6) is 1.48. The lowest BCUT2D eigenvalue weighted by atomic mass is 10.00. The molecule has 6 nitrogen and oxygen atoms in total. The number of hydrogen-bond acceptors (Lipinski definition) is 5. The Bertz CT molecular complexity index is 828. The van der Waals surface area contributed by atoms with E-state index in [2.05, 4.69) is 23.6 Å². The number of aliphatic hydroxyl groups is 1. The fraction of sp³-hybridized carbons (Fsp3) is 0.759. The van der Waals surface area contributed by atoms with Crippen LogP contribution in [0, 0.1) is 11.8 Å². The number of hydrogen-bond donors (Lipinski definition) is 1. The van der Waals surface area contributed by atoms with Crippen molar-refractivity contribution in [3.63, 3.8) is 0 Å².